The Balaban J connectivity index is 2.78. The molecule has 0 aromatic carbocycles. The number of rotatable bonds is 1. The highest BCUT2D eigenvalue weighted by atomic mass is 19.4. The molecular weight excluding hydrogens is 276 g/mol. The molecule has 8 heteroatoms. The number of nitrogens with two attached hydrogens (primary N) is 1. The maximum Gasteiger partial charge on any atom is 0.458 e. The van der Waals surface area contributed by atoms with E-state index in [0.717, 1.165) is 16.6 Å². The molecule has 0 saturated heterocycles. The van der Waals surface area contributed by atoms with Crippen molar-refractivity contribution in [3.63, 3.8) is 0 Å². The average Bonchev–Trinajstić information content (AvgIpc) is 2.58. The number of hydrogen-bond acceptors (Lipinski definition) is 3. The zero-order valence-electron chi connectivity index (χ0n) is 10.6. The Morgan fingerprint density at radius 2 is 2.00 bits per heavy atom. The van der Waals surface area contributed by atoms with Gasteiger partial charge in [-0.3, -0.25) is 0 Å². The van der Waals surface area contributed by atoms with Crippen LogP contribution in [0.4, 0.5) is 23.5 Å². The van der Waals surface area contributed by atoms with Crippen molar-refractivity contribution in [3.8, 4) is 11.8 Å². The summed E-state index contributed by atoms with van der Waals surface area (Å²) in [5.41, 5.74) is 5.24. The van der Waals surface area contributed by atoms with Crippen LogP contribution >= 0.6 is 0 Å². The van der Waals surface area contributed by atoms with Gasteiger partial charge in [-0.2, -0.15) is 13.2 Å². The van der Waals surface area contributed by atoms with Crippen LogP contribution in [0.15, 0.2) is 6.20 Å². The summed E-state index contributed by atoms with van der Waals surface area (Å²) in [7, 11) is 0. The van der Waals surface area contributed by atoms with E-state index in [-0.39, 0.29) is 28.6 Å². The van der Waals surface area contributed by atoms with E-state index < -0.39 is 12.0 Å². The number of aromatic nitrogens is 3. The maximum absolute atomic E-state index is 14.1. The van der Waals surface area contributed by atoms with Crippen LogP contribution in [0.3, 0.4) is 0 Å². The molecule has 106 valence electrons. The second-order valence-electron chi connectivity index (χ2n) is 4.39. The zero-order chi connectivity index (χ0) is 15.1. The number of fused-ring (bicyclic) bond motifs is 1. The number of anilines is 1. The van der Waals surface area contributed by atoms with E-state index in [0.29, 0.717) is 0 Å². The summed E-state index contributed by atoms with van der Waals surface area (Å²) < 4.78 is 51.8. The van der Waals surface area contributed by atoms with Crippen LogP contribution in [0, 0.1) is 17.7 Å². The average molecular weight is 286 g/mol. The fraction of sp³-hybridized carbons (Fsp3) is 0.333. The van der Waals surface area contributed by atoms with E-state index in [9.17, 15) is 17.6 Å². The highest BCUT2D eigenvalue weighted by Crippen LogP contribution is 2.27. The van der Waals surface area contributed by atoms with Gasteiger partial charge in [0.05, 0.1) is 17.5 Å². The van der Waals surface area contributed by atoms with Gasteiger partial charge in [-0.1, -0.05) is 19.8 Å². The third kappa shape index (κ3) is 2.52. The predicted molar refractivity (Wildman–Crippen MR) is 64.4 cm³/mol. The molecule has 0 saturated carbocycles. The third-order valence-electron chi connectivity index (χ3n) is 2.55. The first-order valence-corrected chi connectivity index (χ1v) is 5.63. The summed E-state index contributed by atoms with van der Waals surface area (Å²) in [6.45, 7) is 3.39. The Morgan fingerprint density at radius 3 is 2.55 bits per heavy atom. The van der Waals surface area contributed by atoms with Crippen molar-refractivity contribution in [2.24, 2.45) is 0 Å². The molecule has 20 heavy (non-hydrogen) atoms. The van der Waals surface area contributed by atoms with E-state index in [2.05, 4.69) is 10.1 Å². The molecule has 0 aliphatic carbocycles. The van der Waals surface area contributed by atoms with E-state index in [4.69, 9.17) is 5.73 Å². The van der Waals surface area contributed by atoms with Crippen molar-refractivity contribution in [2.75, 3.05) is 5.73 Å². The number of alkyl halides is 3. The Hall–Kier alpha value is -2.30. The molecule has 0 aliphatic heterocycles. The molecule has 2 N–H and O–H groups in total. The topological polar surface area (TPSA) is 56.2 Å². The van der Waals surface area contributed by atoms with Crippen molar-refractivity contribution >= 4 is 11.5 Å². The Bertz CT molecular complexity index is 719. The summed E-state index contributed by atoms with van der Waals surface area (Å²) in [6, 6.07) is 0. The highest BCUT2D eigenvalue weighted by Gasteiger charge is 2.25. The minimum atomic E-state index is -4.69. The zero-order valence-corrected chi connectivity index (χ0v) is 10.6. The molecule has 0 aliphatic rings. The van der Waals surface area contributed by atoms with Gasteiger partial charge in [-0.05, 0) is 5.92 Å². The van der Waals surface area contributed by atoms with Gasteiger partial charge in [0, 0.05) is 5.92 Å². The monoisotopic (exact) mass is 286 g/mol. The van der Waals surface area contributed by atoms with E-state index >= 15 is 0 Å². The first-order chi connectivity index (χ1) is 9.20. The first-order valence-electron chi connectivity index (χ1n) is 5.63. The van der Waals surface area contributed by atoms with Crippen LogP contribution < -0.4 is 5.73 Å². The van der Waals surface area contributed by atoms with Gasteiger partial charge in [0.15, 0.2) is 5.82 Å². The van der Waals surface area contributed by atoms with Gasteiger partial charge in [-0.25, -0.2) is 13.9 Å². The molecule has 0 spiro atoms. The van der Waals surface area contributed by atoms with Crippen molar-refractivity contribution in [2.45, 2.75) is 25.9 Å². The highest BCUT2D eigenvalue weighted by molar-refractivity contribution is 5.59. The van der Waals surface area contributed by atoms with Gasteiger partial charge >= 0.3 is 6.18 Å². The lowest BCUT2D eigenvalue weighted by atomic mass is 10.1. The van der Waals surface area contributed by atoms with E-state index in [1.165, 1.54) is 0 Å². The number of halogens is 4. The van der Waals surface area contributed by atoms with Gasteiger partial charge in [0.1, 0.15) is 5.52 Å². The van der Waals surface area contributed by atoms with Crippen LogP contribution in [-0.4, -0.2) is 20.8 Å². The van der Waals surface area contributed by atoms with Crippen LogP contribution in [-0.2, 0) is 0 Å². The molecule has 0 radical (unpaired) electrons. The summed E-state index contributed by atoms with van der Waals surface area (Å²) in [6.07, 6.45) is -3.58. The lowest BCUT2D eigenvalue weighted by Gasteiger charge is -2.05. The quantitative estimate of drug-likeness (QED) is 0.647. The van der Waals surface area contributed by atoms with Crippen LogP contribution in [0.5, 0.6) is 0 Å². The summed E-state index contributed by atoms with van der Waals surface area (Å²) in [4.78, 5) is 3.63. The maximum atomic E-state index is 14.1. The second-order valence-corrected chi connectivity index (χ2v) is 4.39. The Labute approximate surface area is 111 Å². The molecule has 0 atom stereocenters. The standard InChI is InChI=1S/C12H10F4N4/c1-6(2)10-7(3-4-12(14,15)16)9(13)8-5-18-11(17)19-20(8)10/h5-6H,1-2H3,(H2,17,19). The van der Waals surface area contributed by atoms with Crippen molar-refractivity contribution in [3.05, 3.63) is 23.3 Å². The Kier molecular flexibility index (Phi) is 3.29. The molecule has 0 bridgehead atoms. The predicted octanol–water partition coefficient (Wildman–Crippen LogP) is 2.49. The molecule has 0 amide bonds. The van der Waals surface area contributed by atoms with Crippen LogP contribution in [0.2, 0.25) is 0 Å². The molecule has 0 unspecified atom stereocenters. The molecule has 4 nitrogen and oxygen atoms in total. The molecular formula is C12H10F4N4. The van der Waals surface area contributed by atoms with Gasteiger partial charge in [-0.15, -0.1) is 5.10 Å². The van der Waals surface area contributed by atoms with E-state index in [1.807, 2.05) is 5.92 Å². The summed E-state index contributed by atoms with van der Waals surface area (Å²) >= 11 is 0. The summed E-state index contributed by atoms with van der Waals surface area (Å²) in [5, 5.41) is 3.82. The first kappa shape index (κ1) is 14.1. The molecule has 2 rings (SSSR count). The number of nitrogens with zero attached hydrogens (tertiary/aromatic N) is 3. The Morgan fingerprint density at radius 1 is 1.35 bits per heavy atom. The molecule has 0 fully saturated rings. The van der Waals surface area contributed by atoms with Crippen LogP contribution in [0.25, 0.3) is 5.52 Å². The fourth-order valence-electron chi connectivity index (χ4n) is 1.83. The van der Waals surface area contributed by atoms with Gasteiger partial charge in [0.25, 0.3) is 0 Å². The second kappa shape index (κ2) is 4.67. The third-order valence-corrected chi connectivity index (χ3v) is 2.55. The number of nitrogen functional groups attached to an aromatic ring is 1. The lowest BCUT2D eigenvalue weighted by Crippen LogP contribution is -2.05. The SMILES string of the molecule is CC(C)c1c(C#CC(F)(F)F)c(F)c2cnc(N)nn12. The lowest BCUT2D eigenvalue weighted by molar-refractivity contribution is -0.0696. The van der Waals surface area contributed by atoms with Crippen molar-refractivity contribution in [1.29, 1.82) is 0 Å². The van der Waals surface area contributed by atoms with Crippen molar-refractivity contribution < 1.29 is 17.6 Å². The van der Waals surface area contributed by atoms with Gasteiger partial charge in [0.2, 0.25) is 5.95 Å². The smallest absolute Gasteiger partial charge is 0.367 e. The fourth-order valence-corrected chi connectivity index (χ4v) is 1.83. The summed E-state index contributed by atoms with van der Waals surface area (Å²) in [5.74, 6) is 1.62. The molecule has 2 heterocycles. The van der Waals surface area contributed by atoms with E-state index in [1.54, 1.807) is 13.8 Å². The largest absolute Gasteiger partial charge is 0.458 e. The minimum Gasteiger partial charge on any atom is -0.367 e. The number of hydrogen-bond donors (Lipinski definition) is 1. The minimum absolute atomic E-state index is 0.0608. The van der Waals surface area contributed by atoms with Crippen molar-refractivity contribution in [1.82, 2.24) is 14.6 Å². The molecule has 2 aromatic rings. The normalized spacial score (nSPS) is 11.8. The van der Waals surface area contributed by atoms with Gasteiger partial charge < -0.3 is 5.73 Å². The van der Waals surface area contributed by atoms with Crippen LogP contribution in [0.1, 0.15) is 31.0 Å². The molecule has 2 aromatic heterocycles.